The Labute approximate surface area is 114 Å². The monoisotopic (exact) mass is 278 g/mol. The minimum Gasteiger partial charge on any atom is -0.545 e. The number of carbonyl (C=O) groups is 1. The summed E-state index contributed by atoms with van der Waals surface area (Å²) in [5.74, 6) is -2.24. The van der Waals surface area contributed by atoms with Crippen LogP contribution in [0.25, 0.3) is 10.9 Å². The van der Waals surface area contributed by atoms with Crippen molar-refractivity contribution in [1.82, 2.24) is 4.57 Å². The van der Waals surface area contributed by atoms with Gasteiger partial charge in [-0.2, -0.15) is 0 Å². The smallest absolute Gasteiger partial charge is 0.198 e. The molecule has 0 aliphatic carbocycles. The van der Waals surface area contributed by atoms with E-state index in [0.717, 1.165) is 6.07 Å². The number of rotatable bonds is 4. The first-order valence-corrected chi connectivity index (χ1v) is 6.20. The lowest BCUT2D eigenvalue weighted by Crippen LogP contribution is -2.30. The van der Waals surface area contributed by atoms with Gasteiger partial charge in [0.15, 0.2) is 17.0 Å². The maximum Gasteiger partial charge on any atom is 0.198 e. The molecule has 0 fully saturated rings. The van der Waals surface area contributed by atoms with Gasteiger partial charge in [-0.1, -0.05) is 0 Å². The van der Waals surface area contributed by atoms with Crippen LogP contribution in [0.2, 0.25) is 0 Å². The molecule has 106 valence electrons. The third-order valence-corrected chi connectivity index (χ3v) is 2.99. The molecule has 0 aliphatic heterocycles. The Balaban J connectivity index is 2.86. The molecule has 0 unspecified atom stereocenters. The predicted octanol–water partition coefficient (Wildman–Crippen LogP) is 0.923. The molecule has 0 bridgehead atoms. The zero-order valence-corrected chi connectivity index (χ0v) is 11.1. The van der Waals surface area contributed by atoms with Gasteiger partial charge in [0, 0.05) is 24.2 Å². The van der Waals surface area contributed by atoms with Gasteiger partial charge in [0.2, 0.25) is 0 Å². The number of aryl methyl sites for hydroxylation is 1. The molecule has 1 heterocycles. The van der Waals surface area contributed by atoms with Crippen LogP contribution in [0.4, 0.5) is 4.39 Å². The third-order valence-electron chi connectivity index (χ3n) is 2.99. The van der Waals surface area contributed by atoms with Crippen LogP contribution in [0.5, 0.6) is 5.75 Å². The molecule has 1 aromatic heterocycles. The van der Waals surface area contributed by atoms with Crippen molar-refractivity contribution in [3.63, 3.8) is 0 Å². The van der Waals surface area contributed by atoms with E-state index in [1.807, 2.05) is 0 Å². The summed E-state index contributed by atoms with van der Waals surface area (Å²) >= 11 is 0. The summed E-state index contributed by atoms with van der Waals surface area (Å²) < 4.78 is 20.5. The summed E-state index contributed by atoms with van der Waals surface area (Å²) in [5.41, 5.74) is -0.818. The molecular formula is C14H13FNO4-. The lowest BCUT2D eigenvalue weighted by Gasteiger charge is -2.14. The van der Waals surface area contributed by atoms with E-state index < -0.39 is 22.8 Å². The number of benzene rings is 1. The van der Waals surface area contributed by atoms with Crippen LogP contribution in [0, 0.1) is 5.82 Å². The number of fused-ring (bicyclic) bond motifs is 1. The third kappa shape index (κ3) is 2.24. The van der Waals surface area contributed by atoms with Gasteiger partial charge < -0.3 is 19.2 Å². The minimum atomic E-state index is -1.58. The van der Waals surface area contributed by atoms with E-state index in [2.05, 4.69) is 0 Å². The largest absolute Gasteiger partial charge is 0.545 e. The summed E-state index contributed by atoms with van der Waals surface area (Å²) in [5, 5.41) is 10.9. The van der Waals surface area contributed by atoms with Crippen LogP contribution in [0.1, 0.15) is 24.2 Å². The number of ether oxygens (including phenoxy) is 1. The van der Waals surface area contributed by atoms with Crippen molar-refractivity contribution in [2.24, 2.45) is 0 Å². The highest BCUT2D eigenvalue weighted by Crippen LogP contribution is 2.23. The number of halogens is 1. The van der Waals surface area contributed by atoms with E-state index in [0.29, 0.717) is 12.1 Å². The van der Waals surface area contributed by atoms with Gasteiger partial charge in [0.25, 0.3) is 0 Å². The van der Waals surface area contributed by atoms with Gasteiger partial charge in [-0.3, -0.25) is 4.79 Å². The van der Waals surface area contributed by atoms with Crippen LogP contribution in [0.3, 0.4) is 0 Å². The Morgan fingerprint density at radius 3 is 2.65 bits per heavy atom. The van der Waals surface area contributed by atoms with E-state index in [4.69, 9.17) is 4.74 Å². The number of nitrogens with zero attached hydrogens (tertiary/aromatic N) is 1. The van der Waals surface area contributed by atoms with Gasteiger partial charge in [0.1, 0.15) is 0 Å². The molecule has 0 amide bonds. The Kier molecular flexibility index (Phi) is 3.74. The fraction of sp³-hybridized carbons (Fsp3) is 0.286. The zero-order chi connectivity index (χ0) is 14.9. The first-order valence-electron chi connectivity index (χ1n) is 6.20. The summed E-state index contributed by atoms with van der Waals surface area (Å²) in [6.45, 7) is 4.21. The molecule has 0 radical (unpaired) electrons. The fourth-order valence-electron chi connectivity index (χ4n) is 2.06. The van der Waals surface area contributed by atoms with Gasteiger partial charge >= 0.3 is 0 Å². The SMILES string of the molecule is CCOc1cc2c(cc1F)c(=O)c(C(=O)[O-])cn2CC. The topological polar surface area (TPSA) is 71.4 Å². The van der Waals surface area contributed by atoms with Crippen LogP contribution in [-0.4, -0.2) is 17.1 Å². The van der Waals surface area contributed by atoms with Crippen molar-refractivity contribution in [3.8, 4) is 5.75 Å². The number of aromatic nitrogens is 1. The zero-order valence-electron chi connectivity index (χ0n) is 11.1. The summed E-state index contributed by atoms with van der Waals surface area (Å²) in [7, 11) is 0. The first-order chi connectivity index (χ1) is 9.49. The Bertz CT molecular complexity index is 736. The molecule has 0 saturated carbocycles. The highest BCUT2D eigenvalue weighted by molar-refractivity contribution is 5.91. The molecule has 0 spiro atoms. The Morgan fingerprint density at radius 2 is 2.10 bits per heavy atom. The molecule has 0 saturated heterocycles. The molecule has 5 nitrogen and oxygen atoms in total. The van der Waals surface area contributed by atoms with E-state index in [-0.39, 0.29) is 17.7 Å². The predicted molar refractivity (Wildman–Crippen MR) is 69.3 cm³/mol. The quantitative estimate of drug-likeness (QED) is 0.834. The van der Waals surface area contributed by atoms with Crippen molar-refractivity contribution in [3.05, 3.63) is 39.9 Å². The molecule has 20 heavy (non-hydrogen) atoms. The van der Waals surface area contributed by atoms with Crippen molar-refractivity contribution in [2.75, 3.05) is 6.61 Å². The summed E-state index contributed by atoms with van der Waals surface area (Å²) in [6, 6.07) is 2.40. The highest BCUT2D eigenvalue weighted by atomic mass is 19.1. The Hall–Kier alpha value is -2.37. The maximum absolute atomic E-state index is 13.8. The fourth-order valence-corrected chi connectivity index (χ4v) is 2.06. The first kappa shape index (κ1) is 14.0. The minimum absolute atomic E-state index is 0.00509. The second-order valence-electron chi connectivity index (χ2n) is 4.18. The van der Waals surface area contributed by atoms with Gasteiger partial charge in [0.05, 0.1) is 23.7 Å². The highest BCUT2D eigenvalue weighted by Gasteiger charge is 2.13. The standard InChI is InChI=1S/C14H14FNO4/c1-3-16-7-9(14(18)19)13(17)8-5-10(15)12(20-4-2)6-11(8)16/h5-7H,3-4H2,1-2H3,(H,18,19)/p-1. The number of hydrogen-bond acceptors (Lipinski definition) is 4. The van der Waals surface area contributed by atoms with Crippen LogP contribution in [-0.2, 0) is 6.54 Å². The number of carboxylic acids is 1. The molecular weight excluding hydrogens is 265 g/mol. The second kappa shape index (κ2) is 5.32. The van der Waals surface area contributed by atoms with Crippen LogP contribution < -0.4 is 15.3 Å². The lowest BCUT2D eigenvalue weighted by molar-refractivity contribution is -0.255. The number of hydrogen-bond donors (Lipinski definition) is 0. The molecule has 1 aromatic carbocycles. The number of pyridine rings is 1. The number of carboxylic acid groups (broad SMARTS) is 1. The van der Waals surface area contributed by atoms with Crippen molar-refractivity contribution < 1.29 is 19.0 Å². The van der Waals surface area contributed by atoms with Crippen molar-refractivity contribution in [1.29, 1.82) is 0 Å². The molecule has 6 heteroatoms. The van der Waals surface area contributed by atoms with E-state index in [1.165, 1.54) is 12.3 Å². The lowest BCUT2D eigenvalue weighted by atomic mass is 10.1. The second-order valence-corrected chi connectivity index (χ2v) is 4.18. The van der Waals surface area contributed by atoms with Gasteiger partial charge in [-0.05, 0) is 19.9 Å². The van der Waals surface area contributed by atoms with E-state index in [9.17, 15) is 19.1 Å². The molecule has 0 aliphatic rings. The maximum atomic E-state index is 13.8. The van der Waals surface area contributed by atoms with Crippen LogP contribution >= 0.6 is 0 Å². The van der Waals surface area contributed by atoms with E-state index >= 15 is 0 Å². The average Bonchev–Trinajstić information content (AvgIpc) is 2.41. The van der Waals surface area contributed by atoms with Crippen LogP contribution in [0.15, 0.2) is 23.1 Å². The Morgan fingerprint density at radius 1 is 1.40 bits per heavy atom. The van der Waals surface area contributed by atoms with Gasteiger partial charge in [-0.15, -0.1) is 0 Å². The summed E-state index contributed by atoms with van der Waals surface area (Å²) in [4.78, 5) is 23.0. The van der Waals surface area contributed by atoms with Gasteiger partial charge in [-0.25, -0.2) is 4.39 Å². The molecule has 0 N–H and O–H groups in total. The normalized spacial score (nSPS) is 10.8. The number of carbonyl (C=O) groups excluding carboxylic acids is 1. The average molecular weight is 278 g/mol. The van der Waals surface area contributed by atoms with Crippen molar-refractivity contribution in [2.45, 2.75) is 20.4 Å². The number of aromatic carboxylic acids is 1. The molecule has 0 atom stereocenters. The molecule has 2 rings (SSSR count). The summed E-state index contributed by atoms with van der Waals surface area (Å²) in [6.07, 6.45) is 1.20. The molecule has 2 aromatic rings. The van der Waals surface area contributed by atoms with E-state index in [1.54, 1.807) is 18.4 Å². The van der Waals surface area contributed by atoms with Crippen molar-refractivity contribution >= 4 is 16.9 Å².